The molecular weight excluding hydrogens is 430 g/mol. The molecule has 2 aromatic carbocycles. The number of nitrogens with two attached hydrogens (primary N) is 1. The van der Waals surface area contributed by atoms with Gasteiger partial charge in [0, 0.05) is 50.8 Å². The predicted molar refractivity (Wildman–Crippen MR) is 130 cm³/mol. The summed E-state index contributed by atoms with van der Waals surface area (Å²) in [5.74, 6) is 2.17. The average Bonchev–Trinajstić information content (AvgIpc) is 3.59. The Morgan fingerprint density at radius 3 is 2.62 bits per heavy atom. The van der Waals surface area contributed by atoms with E-state index in [9.17, 15) is 4.79 Å². The maximum Gasteiger partial charge on any atom is 0.224 e. The molecule has 1 amide bonds. The number of nitrogens with one attached hydrogen (secondary N) is 1. The Hall–Kier alpha value is -3.72. The van der Waals surface area contributed by atoms with Gasteiger partial charge in [0.05, 0.1) is 17.6 Å². The van der Waals surface area contributed by atoms with Gasteiger partial charge >= 0.3 is 0 Å². The molecule has 34 heavy (non-hydrogen) atoms. The van der Waals surface area contributed by atoms with Crippen LogP contribution in [-0.2, 0) is 18.4 Å². The average molecular weight is 460 g/mol. The summed E-state index contributed by atoms with van der Waals surface area (Å²) < 4.78 is 7.12. The molecule has 1 fully saturated rings. The quantitative estimate of drug-likeness (QED) is 0.434. The Bertz CT molecular complexity index is 1300. The molecule has 9 heteroatoms. The first kappa shape index (κ1) is 22.1. The topological polar surface area (TPSA) is 115 Å². The third-order valence-corrected chi connectivity index (χ3v) is 6.40. The molecule has 1 aliphatic heterocycles. The van der Waals surface area contributed by atoms with Gasteiger partial charge < -0.3 is 25.0 Å². The number of imidazole rings is 1. The monoisotopic (exact) mass is 459 g/mol. The lowest BCUT2D eigenvalue weighted by Gasteiger charge is -2.18. The predicted octanol–water partition coefficient (Wildman–Crippen LogP) is 3.56. The van der Waals surface area contributed by atoms with Gasteiger partial charge in [-0.1, -0.05) is 11.2 Å². The number of amides is 1. The van der Waals surface area contributed by atoms with E-state index >= 15 is 0 Å². The second-order valence-corrected chi connectivity index (χ2v) is 8.80. The van der Waals surface area contributed by atoms with E-state index in [-0.39, 0.29) is 11.9 Å². The summed E-state index contributed by atoms with van der Waals surface area (Å²) in [6.07, 6.45) is 2.49. The number of hydrogen-bond acceptors (Lipinski definition) is 7. The summed E-state index contributed by atoms with van der Waals surface area (Å²) in [7, 11) is 2.00. The number of rotatable bonds is 7. The first-order valence-corrected chi connectivity index (χ1v) is 11.6. The Kier molecular flexibility index (Phi) is 6.02. The van der Waals surface area contributed by atoms with Crippen LogP contribution >= 0.6 is 0 Å². The number of carbonyl (C=O) groups is 1. The van der Waals surface area contributed by atoms with Crippen LogP contribution in [0.1, 0.15) is 42.6 Å². The normalized spacial score (nSPS) is 14.6. The number of likely N-dealkylation sites (tertiary alicyclic amines) is 1. The van der Waals surface area contributed by atoms with Gasteiger partial charge in [-0.15, -0.1) is 0 Å². The lowest BCUT2D eigenvalue weighted by molar-refractivity contribution is -0.130. The van der Waals surface area contributed by atoms with Crippen molar-refractivity contribution in [3.63, 3.8) is 0 Å². The van der Waals surface area contributed by atoms with Gasteiger partial charge in [-0.25, -0.2) is 4.98 Å². The number of benzene rings is 2. The number of aromatic nitrogens is 4. The van der Waals surface area contributed by atoms with Gasteiger partial charge in [0.2, 0.25) is 17.6 Å². The summed E-state index contributed by atoms with van der Waals surface area (Å²) in [6.45, 7) is 4.04. The van der Waals surface area contributed by atoms with Crippen LogP contribution in [0.3, 0.4) is 0 Å². The van der Waals surface area contributed by atoms with E-state index in [1.165, 1.54) is 0 Å². The fourth-order valence-electron chi connectivity index (χ4n) is 4.39. The maximum atomic E-state index is 12.5. The van der Waals surface area contributed by atoms with Gasteiger partial charge in [0.25, 0.3) is 0 Å². The molecule has 1 atom stereocenters. The molecule has 3 heterocycles. The Balaban J connectivity index is 1.26. The van der Waals surface area contributed by atoms with Crippen molar-refractivity contribution in [3.05, 3.63) is 59.7 Å². The van der Waals surface area contributed by atoms with E-state index in [1.54, 1.807) is 6.92 Å². The molecule has 3 N–H and O–H groups in total. The number of fused-ring (bicyclic) bond motifs is 1. The van der Waals surface area contributed by atoms with Crippen LogP contribution in [0.25, 0.3) is 22.4 Å². The summed E-state index contributed by atoms with van der Waals surface area (Å²) in [4.78, 5) is 23.5. The third-order valence-electron chi connectivity index (χ3n) is 6.40. The minimum absolute atomic E-state index is 0.136. The molecule has 0 radical (unpaired) electrons. The van der Waals surface area contributed by atoms with Crippen molar-refractivity contribution in [2.75, 3.05) is 18.4 Å². The van der Waals surface area contributed by atoms with E-state index in [2.05, 4.69) is 20.0 Å². The van der Waals surface area contributed by atoms with Crippen LogP contribution in [0, 0.1) is 6.92 Å². The Morgan fingerprint density at radius 2 is 1.91 bits per heavy atom. The first-order chi connectivity index (χ1) is 16.5. The number of carbonyl (C=O) groups excluding carboxylic acids is 1. The number of aryl methyl sites for hydroxylation is 2. The second-order valence-electron chi connectivity index (χ2n) is 8.80. The molecule has 176 valence electrons. The van der Waals surface area contributed by atoms with Crippen LogP contribution in [0.15, 0.2) is 47.0 Å². The van der Waals surface area contributed by atoms with Gasteiger partial charge in [0.1, 0.15) is 5.82 Å². The van der Waals surface area contributed by atoms with Crippen LogP contribution in [0.5, 0.6) is 0 Å². The zero-order valence-electron chi connectivity index (χ0n) is 19.5. The molecule has 4 aromatic rings. The summed E-state index contributed by atoms with van der Waals surface area (Å²) >= 11 is 0. The highest BCUT2D eigenvalue weighted by molar-refractivity contribution is 5.79. The number of hydrogen-bond donors (Lipinski definition) is 2. The molecule has 0 saturated carbocycles. The Morgan fingerprint density at radius 1 is 1.15 bits per heavy atom. The number of nitrogens with zero attached hydrogens (tertiary/aromatic N) is 5. The molecule has 0 aliphatic carbocycles. The summed E-state index contributed by atoms with van der Waals surface area (Å²) in [6, 6.07) is 13.6. The van der Waals surface area contributed by atoms with E-state index in [0.717, 1.165) is 59.6 Å². The molecule has 0 bridgehead atoms. The largest absolute Gasteiger partial charge is 0.378 e. The van der Waals surface area contributed by atoms with E-state index in [1.807, 2.05) is 54.4 Å². The smallest absolute Gasteiger partial charge is 0.224 e. The molecule has 1 saturated heterocycles. The van der Waals surface area contributed by atoms with Gasteiger partial charge in [0.15, 0.2) is 0 Å². The van der Waals surface area contributed by atoms with E-state index in [0.29, 0.717) is 24.7 Å². The van der Waals surface area contributed by atoms with Crippen LogP contribution in [-0.4, -0.2) is 43.6 Å². The molecule has 1 unspecified atom stereocenters. The van der Waals surface area contributed by atoms with Crippen molar-refractivity contribution in [1.29, 1.82) is 0 Å². The zero-order valence-corrected chi connectivity index (χ0v) is 19.5. The molecule has 2 aromatic heterocycles. The highest BCUT2D eigenvalue weighted by Crippen LogP contribution is 2.24. The SMILES string of the molecule is Cc1nc(-c2ccc(NCc3nc4cc(C(N)CC(=O)N5CCCC5)ccc4n3C)cc2)no1. The van der Waals surface area contributed by atoms with E-state index in [4.69, 9.17) is 15.2 Å². The lowest BCUT2D eigenvalue weighted by Crippen LogP contribution is -2.30. The standard InChI is InChI=1S/C25H29N7O2/c1-16-28-25(30-34-16)17-5-8-19(9-6-17)27-15-23-29-21-13-18(7-10-22(21)31(23)2)20(26)14-24(33)32-11-3-4-12-32/h5-10,13,20,27H,3-4,11-12,14-15,26H2,1-2H3. The van der Waals surface area contributed by atoms with Gasteiger partial charge in [-0.05, 0) is 54.8 Å². The van der Waals surface area contributed by atoms with Crippen LogP contribution in [0.4, 0.5) is 5.69 Å². The van der Waals surface area contributed by atoms with Crippen molar-refractivity contribution in [3.8, 4) is 11.4 Å². The minimum atomic E-state index is -0.331. The molecule has 0 spiro atoms. The van der Waals surface area contributed by atoms with Crippen molar-refractivity contribution >= 4 is 22.6 Å². The van der Waals surface area contributed by atoms with Crippen LogP contribution in [0.2, 0.25) is 0 Å². The van der Waals surface area contributed by atoms with E-state index < -0.39 is 0 Å². The maximum absolute atomic E-state index is 12.5. The second kappa shape index (κ2) is 9.26. The molecule has 9 nitrogen and oxygen atoms in total. The Labute approximate surface area is 198 Å². The van der Waals surface area contributed by atoms with Crippen molar-refractivity contribution < 1.29 is 9.32 Å². The zero-order chi connectivity index (χ0) is 23.7. The van der Waals surface area contributed by atoms with Crippen molar-refractivity contribution in [2.24, 2.45) is 12.8 Å². The summed E-state index contributed by atoms with van der Waals surface area (Å²) in [5, 5.41) is 7.37. The fourth-order valence-corrected chi connectivity index (χ4v) is 4.39. The van der Waals surface area contributed by atoms with Crippen molar-refractivity contribution in [2.45, 2.75) is 38.8 Å². The molecule has 1 aliphatic rings. The highest BCUT2D eigenvalue weighted by Gasteiger charge is 2.21. The van der Waals surface area contributed by atoms with Gasteiger partial charge in [-0.3, -0.25) is 4.79 Å². The third kappa shape index (κ3) is 4.51. The van der Waals surface area contributed by atoms with Crippen molar-refractivity contribution in [1.82, 2.24) is 24.6 Å². The highest BCUT2D eigenvalue weighted by atomic mass is 16.5. The molecular formula is C25H29N7O2. The fraction of sp³-hybridized carbons (Fsp3) is 0.360. The minimum Gasteiger partial charge on any atom is -0.378 e. The lowest BCUT2D eigenvalue weighted by atomic mass is 10.0. The first-order valence-electron chi connectivity index (χ1n) is 11.6. The molecule has 5 rings (SSSR count). The van der Waals surface area contributed by atoms with Crippen LogP contribution < -0.4 is 11.1 Å². The number of anilines is 1. The van der Waals surface area contributed by atoms with Gasteiger partial charge in [-0.2, -0.15) is 4.98 Å². The summed E-state index contributed by atoms with van der Waals surface area (Å²) in [5.41, 5.74) is 11.1.